The maximum absolute atomic E-state index is 13.6. The molecule has 0 radical (unpaired) electrons. The van der Waals surface area contributed by atoms with Gasteiger partial charge in [0.05, 0.1) is 6.21 Å². The smallest absolute Gasteiger partial charge is 0.211 e. The number of rotatable bonds is 5. The molecule has 0 aliphatic heterocycles. The molecule has 0 atom stereocenters. The van der Waals surface area contributed by atoms with Gasteiger partial charge in [-0.1, -0.05) is 29.8 Å². The molecule has 2 aromatic rings. The number of benzene rings is 2. The minimum Gasteiger partial charge on any atom is -0.488 e. The number of nitrogens with two attached hydrogens (primary N) is 2. The van der Waals surface area contributed by atoms with Gasteiger partial charge in [-0.05, 0) is 24.3 Å². The standard InChI is InChI=1S/C15H14ClFN4O/c16-12-5-6-14(11(7-12)8-20-21-15(18)19)22-9-10-3-1-2-4-13(10)17/h1-8H,9H2,(H4,18,19,21). The zero-order chi connectivity index (χ0) is 15.9. The van der Waals surface area contributed by atoms with Crippen LogP contribution in [0.5, 0.6) is 5.75 Å². The van der Waals surface area contributed by atoms with Gasteiger partial charge in [0.25, 0.3) is 0 Å². The molecule has 0 spiro atoms. The monoisotopic (exact) mass is 320 g/mol. The summed E-state index contributed by atoms with van der Waals surface area (Å²) in [6.45, 7) is 0.0808. The highest BCUT2D eigenvalue weighted by Crippen LogP contribution is 2.23. The van der Waals surface area contributed by atoms with Crippen molar-refractivity contribution < 1.29 is 9.13 Å². The van der Waals surface area contributed by atoms with E-state index >= 15 is 0 Å². The number of hydrogen-bond donors (Lipinski definition) is 2. The van der Waals surface area contributed by atoms with Gasteiger partial charge in [0.1, 0.15) is 18.2 Å². The zero-order valence-electron chi connectivity index (χ0n) is 11.5. The summed E-state index contributed by atoms with van der Waals surface area (Å²) >= 11 is 5.94. The SMILES string of the molecule is NC(N)=NN=Cc1cc(Cl)ccc1OCc1ccccc1F. The van der Waals surface area contributed by atoms with Crippen LogP contribution in [0.3, 0.4) is 0 Å². The quantitative estimate of drug-likeness (QED) is 0.504. The molecule has 0 bridgehead atoms. The Morgan fingerprint density at radius 3 is 2.73 bits per heavy atom. The molecule has 5 nitrogen and oxygen atoms in total. The minimum atomic E-state index is -0.327. The van der Waals surface area contributed by atoms with E-state index in [9.17, 15) is 4.39 Å². The third-order valence-electron chi connectivity index (χ3n) is 2.68. The molecule has 0 aliphatic carbocycles. The van der Waals surface area contributed by atoms with Crippen molar-refractivity contribution in [2.45, 2.75) is 6.61 Å². The second-order valence-corrected chi connectivity index (χ2v) is 4.77. The fourth-order valence-electron chi connectivity index (χ4n) is 1.68. The van der Waals surface area contributed by atoms with Gasteiger partial charge in [0, 0.05) is 16.1 Å². The van der Waals surface area contributed by atoms with Gasteiger partial charge in [0.2, 0.25) is 5.96 Å². The lowest BCUT2D eigenvalue weighted by Crippen LogP contribution is -2.21. The summed E-state index contributed by atoms with van der Waals surface area (Å²) in [5, 5.41) is 7.73. The lowest BCUT2D eigenvalue weighted by atomic mass is 10.2. The Labute approximate surface area is 132 Å². The average Bonchev–Trinajstić information content (AvgIpc) is 2.47. The zero-order valence-corrected chi connectivity index (χ0v) is 12.3. The largest absolute Gasteiger partial charge is 0.488 e. The Morgan fingerprint density at radius 1 is 1.23 bits per heavy atom. The molecule has 0 heterocycles. The van der Waals surface area contributed by atoms with Crippen LogP contribution in [0.1, 0.15) is 11.1 Å². The molecule has 0 amide bonds. The molecule has 2 rings (SSSR count). The molecule has 114 valence electrons. The van der Waals surface area contributed by atoms with Crippen LogP contribution in [0.15, 0.2) is 52.7 Å². The van der Waals surface area contributed by atoms with Gasteiger partial charge in [-0.25, -0.2) is 4.39 Å². The molecule has 0 fully saturated rings. The lowest BCUT2D eigenvalue weighted by Gasteiger charge is -2.10. The predicted molar refractivity (Wildman–Crippen MR) is 85.6 cm³/mol. The summed E-state index contributed by atoms with van der Waals surface area (Å²) in [6, 6.07) is 11.4. The van der Waals surface area contributed by atoms with E-state index in [-0.39, 0.29) is 18.4 Å². The summed E-state index contributed by atoms with van der Waals surface area (Å²) in [4.78, 5) is 0. The van der Waals surface area contributed by atoms with Gasteiger partial charge in [0.15, 0.2) is 0 Å². The van der Waals surface area contributed by atoms with Crippen LogP contribution in [-0.2, 0) is 6.61 Å². The second kappa shape index (κ2) is 7.42. The summed E-state index contributed by atoms with van der Waals surface area (Å²) in [6.07, 6.45) is 1.41. The van der Waals surface area contributed by atoms with E-state index < -0.39 is 0 Å². The molecule has 22 heavy (non-hydrogen) atoms. The number of halogens is 2. The highest BCUT2D eigenvalue weighted by atomic mass is 35.5. The summed E-state index contributed by atoms with van der Waals surface area (Å²) < 4.78 is 19.2. The van der Waals surface area contributed by atoms with Crippen molar-refractivity contribution in [1.29, 1.82) is 0 Å². The summed E-state index contributed by atoms with van der Waals surface area (Å²) in [5.41, 5.74) is 11.4. The van der Waals surface area contributed by atoms with Crippen LogP contribution in [0.4, 0.5) is 4.39 Å². The van der Waals surface area contributed by atoms with Crippen LogP contribution in [-0.4, -0.2) is 12.2 Å². The van der Waals surface area contributed by atoms with E-state index in [1.807, 2.05) is 0 Å². The third kappa shape index (κ3) is 4.46. The van der Waals surface area contributed by atoms with Crippen molar-refractivity contribution in [3.63, 3.8) is 0 Å². The van der Waals surface area contributed by atoms with Crippen LogP contribution in [0.25, 0.3) is 0 Å². The summed E-state index contributed by atoms with van der Waals surface area (Å²) in [5.74, 6) is 0.00137. The van der Waals surface area contributed by atoms with Crippen molar-refractivity contribution in [2.24, 2.45) is 21.7 Å². The molecule has 0 saturated carbocycles. The van der Waals surface area contributed by atoms with Gasteiger partial charge in [-0.15, -0.1) is 5.10 Å². The Morgan fingerprint density at radius 2 is 2.00 bits per heavy atom. The van der Waals surface area contributed by atoms with Crippen molar-refractivity contribution in [3.05, 3.63) is 64.4 Å². The molecular formula is C15H14ClFN4O. The fraction of sp³-hybridized carbons (Fsp3) is 0.0667. The van der Waals surface area contributed by atoms with Gasteiger partial charge in [-0.3, -0.25) is 0 Å². The van der Waals surface area contributed by atoms with Crippen LogP contribution in [0.2, 0.25) is 5.02 Å². The average molecular weight is 321 g/mol. The van der Waals surface area contributed by atoms with Gasteiger partial charge >= 0.3 is 0 Å². The Balaban J connectivity index is 2.18. The molecule has 7 heteroatoms. The highest BCUT2D eigenvalue weighted by molar-refractivity contribution is 6.30. The van der Waals surface area contributed by atoms with Crippen molar-refractivity contribution in [1.82, 2.24) is 0 Å². The molecule has 4 N–H and O–H groups in total. The summed E-state index contributed by atoms with van der Waals surface area (Å²) in [7, 11) is 0. The van der Waals surface area contributed by atoms with Gasteiger partial charge in [-0.2, -0.15) is 5.10 Å². The first-order valence-electron chi connectivity index (χ1n) is 6.34. The maximum atomic E-state index is 13.6. The molecule has 0 aromatic heterocycles. The van der Waals surface area contributed by atoms with E-state index in [0.717, 1.165) is 0 Å². The number of hydrogen-bond acceptors (Lipinski definition) is 3. The number of nitrogens with zero attached hydrogens (tertiary/aromatic N) is 2. The fourth-order valence-corrected chi connectivity index (χ4v) is 1.86. The van der Waals surface area contributed by atoms with Crippen LogP contribution in [0, 0.1) is 5.82 Å². The molecule has 2 aromatic carbocycles. The normalized spacial score (nSPS) is 10.6. The lowest BCUT2D eigenvalue weighted by molar-refractivity contribution is 0.299. The van der Waals surface area contributed by atoms with Crippen molar-refractivity contribution in [3.8, 4) is 5.75 Å². The first-order valence-corrected chi connectivity index (χ1v) is 6.72. The predicted octanol–water partition coefficient (Wildman–Crippen LogP) is 2.67. The van der Waals surface area contributed by atoms with E-state index in [4.69, 9.17) is 27.8 Å². The number of guanidine groups is 1. The second-order valence-electron chi connectivity index (χ2n) is 4.33. The van der Waals surface area contributed by atoms with E-state index in [0.29, 0.717) is 21.9 Å². The van der Waals surface area contributed by atoms with Crippen molar-refractivity contribution in [2.75, 3.05) is 0 Å². The van der Waals surface area contributed by atoms with E-state index in [1.165, 1.54) is 12.3 Å². The minimum absolute atomic E-state index is 0.0808. The molecular weight excluding hydrogens is 307 g/mol. The maximum Gasteiger partial charge on any atom is 0.211 e. The van der Waals surface area contributed by atoms with Crippen LogP contribution < -0.4 is 16.2 Å². The van der Waals surface area contributed by atoms with Crippen molar-refractivity contribution >= 4 is 23.8 Å². The van der Waals surface area contributed by atoms with E-state index in [1.54, 1.807) is 36.4 Å². The molecule has 0 saturated heterocycles. The Hall–Kier alpha value is -2.60. The Kier molecular flexibility index (Phi) is 5.32. The van der Waals surface area contributed by atoms with Crippen LogP contribution >= 0.6 is 11.6 Å². The Bertz CT molecular complexity index is 714. The number of ether oxygens (including phenoxy) is 1. The van der Waals surface area contributed by atoms with E-state index in [2.05, 4.69) is 10.2 Å². The highest BCUT2D eigenvalue weighted by Gasteiger charge is 2.06. The molecule has 0 aliphatic rings. The topological polar surface area (TPSA) is 86.0 Å². The first-order chi connectivity index (χ1) is 10.6. The third-order valence-corrected chi connectivity index (χ3v) is 2.92. The van der Waals surface area contributed by atoms with Gasteiger partial charge < -0.3 is 16.2 Å². The first kappa shape index (κ1) is 15.8. The molecule has 0 unspecified atom stereocenters.